The molecule has 0 saturated carbocycles. The summed E-state index contributed by atoms with van der Waals surface area (Å²) in [4.78, 5) is 17.9. The summed E-state index contributed by atoms with van der Waals surface area (Å²) in [6.07, 6.45) is 2.02. The Morgan fingerprint density at radius 2 is 1.57 bits per heavy atom. The zero-order chi connectivity index (χ0) is 33.6. The Bertz CT molecular complexity index is 2410. The molecular formula is C40H34FIrN5OSi-2. The van der Waals surface area contributed by atoms with E-state index in [9.17, 15) is 4.39 Å². The number of pyridine rings is 3. The smallest absolute Gasteiger partial charge is 0.218 e. The molecule has 0 bridgehead atoms. The minimum absolute atomic E-state index is 0. The number of aromatic nitrogens is 5. The predicted molar refractivity (Wildman–Crippen MR) is 194 cm³/mol. The molecule has 0 aliphatic heterocycles. The van der Waals surface area contributed by atoms with Gasteiger partial charge in [-0.25, -0.2) is 0 Å². The zero-order valence-electron chi connectivity index (χ0n) is 28.1. The van der Waals surface area contributed by atoms with Gasteiger partial charge >= 0.3 is 0 Å². The fourth-order valence-corrected chi connectivity index (χ4v) is 6.99. The molecule has 1 radical (unpaired) electrons. The van der Waals surface area contributed by atoms with Gasteiger partial charge < -0.3 is 14.0 Å². The summed E-state index contributed by atoms with van der Waals surface area (Å²) in [7, 11) is -1.23. The Morgan fingerprint density at radius 3 is 2.27 bits per heavy atom. The van der Waals surface area contributed by atoms with Crippen molar-refractivity contribution in [2.24, 2.45) is 0 Å². The maximum absolute atomic E-state index is 13.8. The largest absolute Gasteiger partial charge is 0.486 e. The van der Waals surface area contributed by atoms with Gasteiger partial charge in [-0.2, -0.15) is 9.37 Å². The quantitative estimate of drug-likeness (QED) is 0.100. The minimum atomic E-state index is -1.23. The van der Waals surface area contributed by atoms with Crippen LogP contribution in [0.15, 0.2) is 102 Å². The number of benzene rings is 3. The van der Waals surface area contributed by atoms with Gasteiger partial charge in [-0.15, -0.1) is 53.6 Å². The fraction of sp³-hybridized carbons (Fsp3) is 0.150. The van der Waals surface area contributed by atoms with Crippen molar-refractivity contribution in [3.8, 4) is 28.3 Å². The summed E-state index contributed by atoms with van der Waals surface area (Å²) in [5, 5.41) is 3.06. The molecule has 0 aliphatic rings. The first-order valence-electron chi connectivity index (χ1n) is 15.8. The third kappa shape index (κ3) is 6.75. The first kappa shape index (κ1) is 34.1. The van der Waals surface area contributed by atoms with Crippen molar-refractivity contribution < 1.29 is 28.9 Å². The van der Waals surface area contributed by atoms with E-state index >= 15 is 0 Å². The third-order valence-corrected chi connectivity index (χ3v) is 10.3. The summed E-state index contributed by atoms with van der Waals surface area (Å²) >= 11 is 0. The molecule has 247 valence electrons. The molecule has 9 heteroatoms. The molecular weight excluding hydrogens is 806 g/mol. The summed E-state index contributed by atoms with van der Waals surface area (Å²) in [6.45, 7) is 12.9. The molecule has 49 heavy (non-hydrogen) atoms. The Morgan fingerprint density at radius 1 is 0.816 bits per heavy atom. The molecule has 0 N–H and O–H groups in total. The van der Waals surface area contributed by atoms with Crippen molar-refractivity contribution in [3.05, 3.63) is 132 Å². The Kier molecular flexibility index (Phi) is 9.44. The first-order chi connectivity index (χ1) is 23.1. The Labute approximate surface area is 299 Å². The van der Waals surface area contributed by atoms with Gasteiger partial charge in [-0.05, 0) is 61.1 Å². The number of aryl methyl sites for hydroxylation is 3. The number of para-hydroxylation sites is 2. The number of hydrogen-bond acceptors (Lipinski definition) is 5. The average Bonchev–Trinajstić information content (AvgIpc) is 3.64. The summed E-state index contributed by atoms with van der Waals surface area (Å²) in [6, 6.07) is 35.8. The molecule has 6 nitrogen and oxygen atoms in total. The van der Waals surface area contributed by atoms with Crippen LogP contribution in [0.5, 0.6) is 0 Å². The van der Waals surface area contributed by atoms with Crippen LogP contribution in [0.4, 0.5) is 4.39 Å². The predicted octanol–water partition coefficient (Wildman–Crippen LogP) is 9.34. The van der Waals surface area contributed by atoms with Gasteiger partial charge in [0, 0.05) is 48.8 Å². The molecule has 0 unspecified atom stereocenters. The van der Waals surface area contributed by atoms with Crippen LogP contribution in [0.1, 0.15) is 17.0 Å². The average molecular weight is 840 g/mol. The van der Waals surface area contributed by atoms with Crippen molar-refractivity contribution in [2.45, 2.75) is 40.4 Å². The van der Waals surface area contributed by atoms with Crippen molar-refractivity contribution >= 4 is 46.4 Å². The number of imidazole rings is 1. The molecule has 0 aliphatic carbocycles. The minimum Gasteiger partial charge on any atom is -0.486 e. The number of furan rings is 1. The maximum atomic E-state index is 13.8. The van der Waals surface area contributed by atoms with Crippen LogP contribution < -0.4 is 5.19 Å². The van der Waals surface area contributed by atoms with Gasteiger partial charge in [-0.3, -0.25) is 9.97 Å². The molecule has 8 aromatic rings. The van der Waals surface area contributed by atoms with E-state index in [1.165, 1.54) is 11.3 Å². The third-order valence-electron chi connectivity index (χ3n) is 8.30. The first-order valence-corrected chi connectivity index (χ1v) is 19.3. The molecule has 5 aromatic heterocycles. The molecule has 0 saturated heterocycles. The zero-order valence-corrected chi connectivity index (χ0v) is 31.5. The normalized spacial score (nSPS) is 11.4. The second-order valence-corrected chi connectivity index (χ2v) is 18.0. The molecule has 0 fully saturated rings. The van der Waals surface area contributed by atoms with Crippen LogP contribution in [0, 0.1) is 38.9 Å². The topological polar surface area (TPSA) is 69.6 Å². The molecule has 3 aromatic carbocycles. The molecule has 5 heterocycles. The van der Waals surface area contributed by atoms with Crippen molar-refractivity contribution in [3.63, 3.8) is 0 Å². The van der Waals surface area contributed by atoms with Crippen LogP contribution in [0.3, 0.4) is 0 Å². The van der Waals surface area contributed by atoms with E-state index in [-0.39, 0.29) is 25.8 Å². The molecule has 0 spiro atoms. The summed E-state index contributed by atoms with van der Waals surface area (Å²) in [5.41, 5.74) is 9.23. The van der Waals surface area contributed by atoms with E-state index in [2.05, 4.69) is 63.4 Å². The standard InChI is InChI=1S/C26H18FN4O.C14H16NSi.Ir/c1-14-8-9-19(24-23(14)18-10-11-22(27)30-26(18)32-24)25-29-20-6-4-5-7-21(20)31(25)17-12-15(2)28-16(3)13-17;1-16(2,3)13-9-10-14(15-11-13)12-7-5-4-6-8-12;/h4-8,10-13H,1-3H3;4-7,9-11H,1-3H3;/q2*-1;. The van der Waals surface area contributed by atoms with Crippen LogP contribution in [0.25, 0.3) is 61.4 Å². The number of halogens is 1. The fourth-order valence-electron chi connectivity index (χ4n) is 5.95. The van der Waals surface area contributed by atoms with E-state index in [0.717, 1.165) is 55.7 Å². The number of nitrogens with zero attached hydrogens (tertiary/aromatic N) is 5. The van der Waals surface area contributed by atoms with Crippen LogP contribution in [-0.4, -0.2) is 32.6 Å². The second-order valence-electron chi connectivity index (χ2n) is 13.0. The van der Waals surface area contributed by atoms with Gasteiger partial charge in [0.15, 0.2) is 0 Å². The van der Waals surface area contributed by atoms with Gasteiger partial charge in [0.2, 0.25) is 11.7 Å². The van der Waals surface area contributed by atoms with Gasteiger partial charge in [-0.1, -0.05) is 61.8 Å². The molecule has 0 atom stereocenters. The second kappa shape index (κ2) is 13.6. The number of rotatable bonds is 4. The molecule has 8 rings (SSSR count). The maximum Gasteiger partial charge on any atom is 0.218 e. The van der Waals surface area contributed by atoms with Gasteiger partial charge in [0.25, 0.3) is 0 Å². The van der Waals surface area contributed by atoms with Crippen molar-refractivity contribution in [1.29, 1.82) is 0 Å². The van der Waals surface area contributed by atoms with E-state index in [4.69, 9.17) is 9.40 Å². The number of hydrogen-bond donors (Lipinski definition) is 0. The van der Waals surface area contributed by atoms with E-state index in [1.54, 1.807) is 6.07 Å². The number of fused-ring (bicyclic) bond motifs is 4. The monoisotopic (exact) mass is 840 g/mol. The van der Waals surface area contributed by atoms with E-state index < -0.39 is 14.0 Å². The van der Waals surface area contributed by atoms with Crippen LogP contribution >= 0.6 is 0 Å². The summed E-state index contributed by atoms with van der Waals surface area (Å²) in [5.74, 6) is 0.121. The van der Waals surface area contributed by atoms with E-state index in [0.29, 0.717) is 17.0 Å². The Hall–Kier alpha value is -4.82. The SMILES string of the molecule is C[Si](C)(C)c1ccc(-c2[c-]cccc2)nc1.Cc1cc(-n2c(-c3[c-]cc(C)c4c3oc3nc(F)ccc34)nc3ccccc32)cc(C)n1.[Ir]. The van der Waals surface area contributed by atoms with Crippen LogP contribution in [0.2, 0.25) is 19.6 Å². The van der Waals surface area contributed by atoms with Crippen molar-refractivity contribution in [1.82, 2.24) is 24.5 Å². The van der Waals surface area contributed by atoms with Gasteiger partial charge in [0.1, 0.15) is 0 Å². The van der Waals surface area contributed by atoms with Gasteiger partial charge in [0.05, 0.1) is 30.5 Å². The Balaban J connectivity index is 0.000000208. The molecule has 0 amide bonds. The van der Waals surface area contributed by atoms with Crippen molar-refractivity contribution in [2.75, 3.05) is 0 Å². The summed E-state index contributed by atoms with van der Waals surface area (Å²) < 4.78 is 22.0. The van der Waals surface area contributed by atoms with Crippen LogP contribution in [-0.2, 0) is 20.1 Å². The van der Waals surface area contributed by atoms with E-state index in [1.807, 2.05) is 93.7 Å².